The average Bonchev–Trinajstić information content (AvgIpc) is 2.61. The number of carbonyl (C=O) groups excluding carboxylic acids is 2. The Labute approximate surface area is 155 Å². The molecule has 0 radical (unpaired) electrons. The molecule has 4 N–H and O–H groups in total. The van der Waals surface area contributed by atoms with Crippen LogP contribution in [0.5, 0.6) is 0 Å². The first-order chi connectivity index (χ1) is 12.4. The zero-order chi connectivity index (χ0) is 18.8. The van der Waals surface area contributed by atoms with Crippen LogP contribution in [0.1, 0.15) is 21.8 Å². The van der Waals surface area contributed by atoms with Crippen LogP contribution in [0.15, 0.2) is 48.5 Å². The van der Waals surface area contributed by atoms with Crippen LogP contribution in [0.3, 0.4) is 0 Å². The number of carbonyl (C=O) groups is 2. The lowest BCUT2D eigenvalue weighted by molar-refractivity contribution is -0.119. The first-order valence-electron chi connectivity index (χ1n) is 7.87. The van der Waals surface area contributed by atoms with Crippen molar-refractivity contribution in [1.29, 1.82) is 10.7 Å². The van der Waals surface area contributed by atoms with E-state index in [4.69, 9.17) is 22.7 Å². The highest BCUT2D eigenvalue weighted by molar-refractivity contribution is 6.30. The molecule has 130 valence electrons. The molecular weight excluding hydrogens is 352 g/mol. The van der Waals surface area contributed by atoms with Crippen molar-refractivity contribution in [3.05, 3.63) is 64.7 Å². The molecule has 3 atom stereocenters. The third-order valence-electron chi connectivity index (χ3n) is 4.46. The molecule has 3 unspecified atom stereocenters. The summed E-state index contributed by atoms with van der Waals surface area (Å²) in [7, 11) is 0. The van der Waals surface area contributed by atoms with E-state index in [1.54, 1.807) is 48.5 Å². The van der Waals surface area contributed by atoms with Crippen LogP contribution in [-0.4, -0.2) is 17.5 Å². The molecule has 1 heterocycles. The number of anilines is 1. The van der Waals surface area contributed by atoms with E-state index in [9.17, 15) is 14.9 Å². The summed E-state index contributed by atoms with van der Waals surface area (Å²) >= 11 is 5.92. The number of hydrogen-bond donors (Lipinski definition) is 3. The second-order valence-corrected chi connectivity index (χ2v) is 6.45. The topological polar surface area (TPSA) is 120 Å². The van der Waals surface area contributed by atoms with Crippen LogP contribution >= 0.6 is 11.6 Å². The van der Waals surface area contributed by atoms with Gasteiger partial charge in [-0.2, -0.15) is 5.26 Å². The van der Waals surface area contributed by atoms with Crippen LogP contribution in [0.2, 0.25) is 5.02 Å². The Kier molecular flexibility index (Phi) is 4.74. The normalized spacial score (nSPS) is 18.2. The van der Waals surface area contributed by atoms with Gasteiger partial charge in [0.1, 0.15) is 17.7 Å². The minimum absolute atomic E-state index is 0.372. The number of nitrogens with zero attached hydrogens (tertiary/aromatic N) is 1. The second kappa shape index (κ2) is 6.98. The molecule has 1 amide bonds. The average molecular weight is 367 g/mol. The molecule has 3 rings (SSSR count). The Bertz CT molecular complexity index is 933. The van der Waals surface area contributed by atoms with Crippen LogP contribution in [0.4, 0.5) is 5.69 Å². The van der Waals surface area contributed by atoms with E-state index in [0.717, 1.165) is 0 Å². The smallest absolute Gasteiger partial charge is 0.236 e. The zero-order valence-electron chi connectivity index (χ0n) is 13.6. The highest BCUT2D eigenvalue weighted by Crippen LogP contribution is 2.39. The molecule has 26 heavy (non-hydrogen) atoms. The Balaban J connectivity index is 2.14. The highest BCUT2D eigenvalue weighted by Gasteiger charge is 2.44. The van der Waals surface area contributed by atoms with Crippen LogP contribution in [-0.2, 0) is 4.79 Å². The van der Waals surface area contributed by atoms with Crippen molar-refractivity contribution < 1.29 is 9.59 Å². The lowest BCUT2D eigenvalue weighted by atomic mass is 9.72. The number of halogens is 1. The number of benzene rings is 2. The van der Waals surface area contributed by atoms with Crippen molar-refractivity contribution in [3.63, 3.8) is 0 Å². The largest absolute Gasteiger partial charge is 0.387 e. The summed E-state index contributed by atoms with van der Waals surface area (Å²) in [6.45, 7) is 0. The molecule has 0 aliphatic carbocycles. The number of nitrogens with one attached hydrogen (secondary N) is 2. The highest BCUT2D eigenvalue weighted by atomic mass is 35.5. The summed E-state index contributed by atoms with van der Waals surface area (Å²) in [6, 6.07) is 15.2. The monoisotopic (exact) mass is 366 g/mol. The minimum Gasteiger partial charge on any atom is -0.387 e. The van der Waals surface area contributed by atoms with Gasteiger partial charge in [-0.15, -0.1) is 0 Å². The lowest BCUT2D eigenvalue weighted by Crippen LogP contribution is -2.43. The quantitative estimate of drug-likeness (QED) is 0.437. The summed E-state index contributed by atoms with van der Waals surface area (Å²) in [5, 5.41) is 20.5. The first-order valence-corrected chi connectivity index (χ1v) is 8.25. The summed E-state index contributed by atoms with van der Waals surface area (Å²) in [5.41, 5.74) is 6.95. The zero-order valence-corrected chi connectivity index (χ0v) is 14.3. The van der Waals surface area contributed by atoms with Gasteiger partial charge < -0.3 is 11.1 Å². The van der Waals surface area contributed by atoms with Crippen LogP contribution < -0.4 is 11.1 Å². The lowest BCUT2D eigenvalue weighted by Gasteiger charge is -2.32. The van der Waals surface area contributed by atoms with Gasteiger partial charge in [0.05, 0.1) is 11.8 Å². The molecule has 0 fully saturated rings. The minimum atomic E-state index is -1.17. The summed E-state index contributed by atoms with van der Waals surface area (Å²) in [5.74, 6) is -4.50. The maximum Gasteiger partial charge on any atom is 0.236 e. The van der Waals surface area contributed by atoms with Crippen molar-refractivity contribution in [3.8, 4) is 6.07 Å². The predicted octanol–water partition coefficient (Wildman–Crippen LogP) is 2.95. The van der Waals surface area contributed by atoms with Crippen LogP contribution in [0.25, 0.3) is 0 Å². The van der Waals surface area contributed by atoms with Gasteiger partial charge in [-0.3, -0.25) is 15.0 Å². The van der Waals surface area contributed by atoms with E-state index in [1.807, 2.05) is 6.07 Å². The third-order valence-corrected chi connectivity index (χ3v) is 4.71. The van der Waals surface area contributed by atoms with Gasteiger partial charge in [-0.05, 0) is 29.8 Å². The Morgan fingerprint density at radius 2 is 1.85 bits per heavy atom. The van der Waals surface area contributed by atoms with Gasteiger partial charge in [0.25, 0.3) is 0 Å². The second-order valence-electron chi connectivity index (χ2n) is 6.02. The molecule has 0 saturated heterocycles. The van der Waals surface area contributed by atoms with E-state index in [1.165, 1.54) is 0 Å². The molecule has 1 aliphatic heterocycles. The maximum absolute atomic E-state index is 13.0. The number of nitriles is 1. The Morgan fingerprint density at radius 3 is 2.46 bits per heavy atom. The summed E-state index contributed by atoms with van der Waals surface area (Å²) in [6.07, 6.45) is 0. The molecule has 7 heteroatoms. The summed E-state index contributed by atoms with van der Waals surface area (Å²) < 4.78 is 0. The van der Waals surface area contributed by atoms with Crippen molar-refractivity contribution in [2.24, 2.45) is 17.6 Å². The van der Waals surface area contributed by atoms with Crippen LogP contribution in [0, 0.1) is 28.6 Å². The number of amides is 1. The molecule has 0 spiro atoms. The molecular formula is C19H15ClN4O2. The van der Waals surface area contributed by atoms with Crippen molar-refractivity contribution >= 4 is 34.8 Å². The van der Waals surface area contributed by atoms with E-state index < -0.39 is 35.3 Å². The standard InChI is InChI=1S/C19H15ClN4O2/c20-11-7-5-10(6-8-11)15(13(9-21)18(22)23)16-17(25)12-3-1-2-4-14(12)24-19(16)26/h1-8,13,15-16H,(H3,22,23)(H,24,26). The number of rotatable bonds is 4. The van der Waals surface area contributed by atoms with Gasteiger partial charge >= 0.3 is 0 Å². The first kappa shape index (κ1) is 17.6. The Hall–Kier alpha value is -3.17. The van der Waals surface area contributed by atoms with E-state index in [2.05, 4.69) is 5.32 Å². The Morgan fingerprint density at radius 1 is 1.19 bits per heavy atom. The van der Waals surface area contributed by atoms with Gasteiger partial charge in [-0.1, -0.05) is 35.9 Å². The maximum atomic E-state index is 13.0. The van der Waals surface area contributed by atoms with Crippen molar-refractivity contribution in [2.45, 2.75) is 5.92 Å². The van der Waals surface area contributed by atoms with E-state index in [0.29, 0.717) is 21.8 Å². The SMILES string of the molecule is N#CC(C(=N)N)C(c1ccc(Cl)cc1)C1C(=O)Nc2ccccc2C1=O. The number of ketones is 1. The molecule has 6 nitrogen and oxygen atoms in total. The van der Waals surface area contributed by atoms with Crippen molar-refractivity contribution in [2.75, 3.05) is 5.32 Å². The van der Waals surface area contributed by atoms with Gasteiger partial charge in [0, 0.05) is 16.5 Å². The fourth-order valence-corrected chi connectivity index (χ4v) is 3.36. The number of fused-ring (bicyclic) bond motifs is 1. The van der Waals surface area contributed by atoms with Gasteiger partial charge in [0.15, 0.2) is 5.78 Å². The number of amidine groups is 1. The van der Waals surface area contributed by atoms with Gasteiger partial charge in [0.2, 0.25) is 5.91 Å². The molecule has 0 saturated carbocycles. The predicted molar refractivity (Wildman–Crippen MR) is 98.1 cm³/mol. The summed E-state index contributed by atoms with van der Waals surface area (Å²) in [4.78, 5) is 25.8. The molecule has 1 aliphatic rings. The van der Waals surface area contributed by atoms with Crippen molar-refractivity contribution in [1.82, 2.24) is 0 Å². The number of Topliss-reactive ketones (excluding diaryl/α,β-unsaturated/α-hetero) is 1. The number of nitrogens with two attached hydrogens (primary N) is 1. The van der Waals surface area contributed by atoms with E-state index >= 15 is 0 Å². The number of para-hydroxylation sites is 1. The third kappa shape index (κ3) is 3.05. The fourth-order valence-electron chi connectivity index (χ4n) is 3.24. The van der Waals surface area contributed by atoms with E-state index in [-0.39, 0.29) is 0 Å². The molecule has 2 aromatic rings. The molecule has 2 aromatic carbocycles. The van der Waals surface area contributed by atoms with Gasteiger partial charge in [-0.25, -0.2) is 0 Å². The fraction of sp³-hybridized carbons (Fsp3) is 0.158. The molecule has 0 bridgehead atoms. The molecule has 0 aromatic heterocycles. The number of hydrogen-bond acceptors (Lipinski definition) is 4.